The predicted octanol–water partition coefficient (Wildman–Crippen LogP) is 2.79. The van der Waals surface area contributed by atoms with Gasteiger partial charge in [0.1, 0.15) is 0 Å². The van der Waals surface area contributed by atoms with Crippen LogP contribution in [0.5, 0.6) is 0 Å². The third kappa shape index (κ3) is 5.85. The zero-order valence-electron chi connectivity index (χ0n) is 12.1. The first-order valence-electron chi connectivity index (χ1n) is 7.08. The van der Waals surface area contributed by atoms with Crippen molar-refractivity contribution >= 4 is 18.3 Å². The van der Waals surface area contributed by atoms with Crippen LogP contribution in [0.4, 0.5) is 13.2 Å². The van der Waals surface area contributed by atoms with Crippen LogP contribution in [-0.4, -0.2) is 25.5 Å². The Bertz CT molecular complexity index is 471. The number of carbonyl (C=O) groups is 1. The van der Waals surface area contributed by atoms with Gasteiger partial charge in [-0.25, -0.2) is 0 Å². The largest absolute Gasteiger partial charge is 0.416 e. The number of halogens is 4. The zero-order valence-corrected chi connectivity index (χ0v) is 12.9. The van der Waals surface area contributed by atoms with Gasteiger partial charge in [-0.3, -0.25) is 4.79 Å². The smallest absolute Gasteiger partial charge is 0.356 e. The van der Waals surface area contributed by atoms with Crippen LogP contribution < -0.4 is 10.6 Å². The Kier molecular flexibility index (Phi) is 7.16. The fourth-order valence-electron chi connectivity index (χ4n) is 2.44. The Hall–Kier alpha value is -1.27. The van der Waals surface area contributed by atoms with Gasteiger partial charge < -0.3 is 10.6 Å². The second kappa shape index (κ2) is 8.39. The third-order valence-corrected chi connectivity index (χ3v) is 3.68. The molecule has 1 heterocycles. The highest BCUT2D eigenvalue weighted by Gasteiger charge is 2.29. The summed E-state index contributed by atoms with van der Waals surface area (Å²) in [7, 11) is 0. The Labute approximate surface area is 134 Å². The molecular weight excluding hydrogens is 317 g/mol. The average molecular weight is 337 g/mol. The zero-order chi connectivity index (χ0) is 15.3. The van der Waals surface area contributed by atoms with Crippen LogP contribution in [0, 0.1) is 5.92 Å². The van der Waals surface area contributed by atoms with Crippen LogP contribution in [0.2, 0.25) is 0 Å². The van der Waals surface area contributed by atoms with Crippen molar-refractivity contribution in [2.75, 3.05) is 19.6 Å². The van der Waals surface area contributed by atoms with Crippen molar-refractivity contribution in [3.63, 3.8) is 0 Å². The Morgan fingerprint density at radius 1 is 1.27 bits per heavy atom. The normalized spacial score (nSPS) is 17.9. The average Bonchev–Trinajstić information content (AvgIpc) is 2.91. The lowest BCUT2D eigenvalue weighted by Crippen LogP contribution is -2.27. The van der Waals surface area contributed by atoms with Gasteiger partial charge in [-0.2, -0.15) is 13.2 Å². The second-order valence-electron chi connectivity index (χ2n) is 5.37. The molecule has 0 bridgehead atoms. The maximum atomic E-state index is 12.4. The summed E-state index contributed by atoms with van der Waals surface area (Å²) in [6, 6.07) is 4.71. The number of alkyl halides is 3. The Balaban J connectivity index is 0.00000242. The van der Waals surface area contributed by atoms with Crippen molar-refractivity contribution in [2.24, 2.45) is 5.92 Å². The van der Waals surface area contributed by atoms with Crippen LogP contribution in [0.3, 0.4) is 0 Å². The maximum Gasteiger partial charge on any atom is 0.416 e. The molecule has 2 rings (SSSR count). The maximum absolute atomic E-state index is 12.4. The number of carbonyl (C=O) groups excluding carboxylic acids is 1. The van der Waals surface area contributed by atoms with E-state index < -0.39 is 11.7 Å². The van der Waals surface area contributed by atoms with Crippen LogP contribution >= 0.6 is 12.4 Å². The summed E-state index contributed by atoms with van der Waals surface area (Å²) in [5.41, 5.74) is -0.108. The lowest BCUT2D eigenvalue weighted by atomic mass is 10.1. The summed E-state index contributed by atoms with van der Waals surface area (Å²) in [6.45, 7) is 2.64. The Morgan fingerprint density at radius 3 is 2.50 bits per heavy atom. The molecule has 2 N–H and O–H groups in total. The minimum Gasteiger partial charge on any atom is -0.356 e. The summed E-state index contributed by atoms with van der Waals surface area (Å²) in [5.74, 6) is 0.456. The SMILES string of the molecule is Cl.O=C(Cc1ccc(C(F)(F)F)cc1)NCCC1CCNC1. The molecule has 1 fully saturated rings. The number of hydrogen-bond acceptors (Lipinski definition) is 2. The molecule has 1 aliphatic rings. The molecule has 3 nitrogen and oxygen atoms in total. The highest BCUT2D eigenvalue weighted by Crippen LogP contribution is 2.29. The molecule has 1 aromatic rings. The molecule has 0 saturated carbocycles. The van der Waals surface area contributed by atoms with E-state index in [1.54, 1.807) is 0 Å². The summed E-state index contributed by atoms with van der Waals surface area (Å²) < 4.78 is 37.2. The standard InChI is InChI=1S/C15H19F3N2O.ClH/c16-15(17,18)13-3-1-11(2-4-13)9-14(21)20-8-6-12-5-7-19-10-12;/h1-4,12,19H,5-10H2,(H,20,21);1H. The van der Waals surface area contributed by atoms with Gasteiger partial charge in [0.15, 0.2) is 0 Å². The van der Waals surface area contributed by atoms with Gasteiger partial charge in [0.2, 0.25) is 5.91 Å². The fourth-order valence-corrected chi connectivity index (χ4v) is 2.44. The minimum atomic E-state index is -4.34. The highest BCUT2D eigenvalue weighted by molar-refractivity contribution is 5.85. The van der Waals surface area contributed by atoms with E-state index in [0.717, 1.165) is 38.1 Å². The monoisotopic (exact) mass is 336 g/mol. The third-order valence-electron chi connectivity index (χ3n) is 3.68. The molecule has 1 amide bonds. The van der Waals surface area contributed by atoms with Gasteiger partial charge in [0, 0.05) is 6.54 Å². The van der Waals surface area contributed by atoms with Crippen LogP contribution in [-0.2, 0) is 17.4 Å². The molecule has 1 aliphatic heterocycles. The molecule has 1 atom stereocenters. The second-order valence-corrected chi connectivity index (χ2v) is 5.37. The van der Waals surface area contributed by atoms with Crippen molar-refractivity contribution in [3.8, 4) is 0 Å². The number of nitrogens with one attached hydrogen (secondary N) is 2. The first kappa shape index (κ1) is 18.8. The number of hydrogen-bond donors (Lipinski definition) is 2. The molecule has 0 spiro atoms. The molecule has 1 saturated heterocycles. The number of rotatable bonds is 5. The van der Waals surface area contributed by atoms with E-state index in [4.69, 9.17) is 0 Å². The Morgan fingerprint density at radius 2 is 1.95 bits per heavy atom. The first-order valence-corrected chi connectivity index (χ1v) is 7.08. The van der Waals surface area contributed by atoms with Crippen LogP contribution in [0.15, 0.2) is 24.3 Å². The molecular formula is C15H20ClF3N2O. The molecule has 124 valence electrons. The van der Waals surface area contributed by atoms with E-state index in [9.17, 15) is 18.0 Å². The van der Waals surface area contributed by atoms with Crippen molar-refractivity contribution < 1.29 is 18.0 Å². The fraction of sp³-hybridized carbons (Fsp3) is 0.533. The van der Waals surface area contributed by atoms with Gasteiger partial charge in [-0.05, 0) is 49.5 Å². The van der Waals surface area contributed by atoms with Crippen molar-refractivity contribution in [3.05, 3.63) is 35.4 Å². The van der Waals surface area contributed by atoms with Crippen LogP contribution in [0.25, 0.3) is 0 Å². The summed E-state index contributed by atoms with van der Waals surface area (Å²) >= 11 is 0. The molecule has 1 unspecified atom stereocenters. The van der Waals surface area contributed by atoms with E-state index in [0.29, 0.717) is 18.0 Å². The number of benzene rings is 1. The van der Waals surface area contributed by atoms with Crippen LogP contribution in [0.1, 0.15) is 24.0 Å². The van der Waals surface area contributed by atoms with Crippen molar-refractivity contribution in [1.82, 2.24) is 10.6 Å². The summed E-state index contributed by atoms with van der Waals surface area (Å²) in [4.78, 5) is 11.7. The van der Waals surface area contributed by atoms with Gasteiger partial charge in [0.05, 0.1) is 12.0 Å². The van der Waals surface area contributed by atoms with Gasteiger partial charge in [-0.1, -0.05) is 12.1 Å². The molecule has 1 aromatic carbocycles. The van der Waals surface area contributed by atoms with E-state index in [2.05, 4.69) is 10.6 Å². The number of amides is 1. The minimum absolute atomic E-state index is 0. The van der Waals surface area contributed by atoms with E-state index in [1.165, 1.54) is 12.1 Å². The molecule has 22 heavy (non-hydrogen) atoms. The van der Waals surface area contributed by atoms with E-state index in [1.807, 2.05) is 0 Å². The molecule has 0 radical (unpaired) electrons. The van der Waals surface area contributed by atoms with Gasteiger partial charge in [0.25, 0.3) is 0 Å². The first-order chi connectivity index (χ1) is 9.95. The lowest BCUT2D eigenvalue weighted by molar-refractivity contribution is -0.137. The summed E-state index contributed by atoms with van der Waals surface area (Å²) in [5, 5.41) is 6.08. The van der Waals surface area contributed by atoms with Gasteiger partial charge >= 0.3 is 6.18 Å². The molecule has 0 aliphatic carbocycles. The van der Waals surface area contributed by atoms with Crippen molar-refractivity contribution in [2.45, 2.75) is 25.4 Å². The lowest BCUT2D eigenvalue weighted by Gasteiger charge is -2.10. The summed E-state index contributed by atoms with van der Waals surface area (Å²) in [6.07, 6.45) is -2.16. The molecule has 7 heteroatoms. The van der Waals surface area contributed by atoms with E-state index >= 15 is 0 Å². The van der Waals surface area contributed by atoms with E-state index in [-0.39, 0.29) is 24.7 Å². The topological polar surface area (TPSA) is 41.1 Å². The van der Waals surface area contributed by atoms with Gasteiger partial charge in [-0.15, -0.1) is 12.4 Å². The quantitative estimate of drug-likeness (QED) is 0.868. The van der Waals surface area contributed by atoms with Crippen molar-refractivity contribution in [1.29, 1.82) is 0 Å². The highest BCUT2D eigenvalue weighted by atomic mass is 35.5. The molecule has 0 aromatic heterocycles. The predicted molar refractivity (Wildman–Crippen MR) is 81.0 cm³/mol.